The lowest BCUT2D eigenvalue weighted by molar-refractivity contribution is 0.0846. The summed E-state index contributed by atoms with van der Waals surface area (Å²) in [5.41, 5.74) is 1.98. The van der Waals surface area contributed by atoms with Gasteiger partial charge in [-0.3, -0.25) is 4.98 Å². The van der Waals surface area contributed by atoms with Gasteiger partial charge in [-0.1, -0.05) is 6.07 Å². The van der Waals surface area contributed by atoms with E-state index in [9.17, 15) is 8.78 Å². The van der Waals surface area contributed by atoms with Crippen LogP contribution in [-0.4, -0.2) is 24.5 Å². The second-order valence-electron chi connectivity index (χ2n) is 4.20. The van der Waals surface area contributed by atoms with Crippen molar-refractivity contribution in [3.63, 3.8) is 0 Å². The van der Waals surface area contributed by atoms with E-state index in [1.54, 1.807) is 13.2 Å². The highest BCUT2D eigenvalue weighted by Crippen LogP contribution is 2.34. The van der Waals surface area contributed by atoms with Crippen molar-refractivity contribution < 1.29 is 8.78 Å². The number of likely N-dealkylation sites (N-methyl/N-ethyl adjacent to an activating group) is 1. The van der Waals surface area contributed by atoms with E-state index < -0.39 is 12.5 Å². The van der Waals surface area contributed by atoms with Crippen LogP contribution in [0.4, 0.5) is 8.78 Å². The van der Waals surface area contributed by atoms with Crippen LogP contribution in [-0.2, 0) is 6.42 Å². The quantitative estimate of drug-likeness (QED) is 0.855. The third-order valence-electron chi connectivity index (χ3n) is 3.28. The van der Waals surface area contributed by atoms with E-state index in [1.807, 2.05) is 12.1 Å². The molecule has 2 atom stereocenters. The molecule has 0 fully saturated rings. The van der Waals surface area contributed by atoms with Crippen LogP contribution >= 0.6 is 0 Å². The molecule has 0 radical (unpaired) electrons. The van der Waals surface area contributed by atoms with Gasteiger partial charge in [0.25, 0.3) is 6.43 Å². The van der Waals surface area contributed by atoms with Crippen molar-refractivity contribution in [3.05, 3.63) is 29.6 Å². The number of alkyl halides is 2. The zero-order chi connectivity index (χ0) is 11.5. The summed E-state index contributed by atoms with van der Waals surface area (Å²) >= 11 is 0. The van der Waals surface area contributed by atoms with Crippen LogP contribution in [0.25, 0.3) is 0 Å². The lowest BCUT2D eigenvalue weighted by atomic mass is 9.82. The summed E-state index contributed by atoms with van der Waals surface area (Å²) in [5, 5.41) is 2.72. The van der Waals surface area contributed by atoms with Gasteiger partial charge in [0.2, 0.25) is 0 Å². The first-order valence-corrected chi connectivity index (χ1v) is 5.63. The third kappa shape index (κ3) is 2.07. The van der Waals surface area contributed by atoms with Crippen molar-refractivity contribution in [2.75, 3.05) is 7.05 Å². The lowest BCUT2D eigenvalue weighted by Gasteiger charge is -2.30. The molecule has 1 aromatic heterocycles. The Balaban J connectivity index is 2.30. The fraction of sp³-hybridized carbons (Fsp3) is 0.583. The molecule has 4 heteroatoms. The molecule has 0 amide bonds. The number of rotatable bonds is 3. The van der Waals surface area contributed by atoms with Gasteiger partial charge in [-0.15, -0.1) is 0 Å². The van der Waals surface area contributed by atoms with E-state index in [0.717, 1.165) is 30.5 Å². The molecular formula is C12H16F2N2. The van der Waals surface area contributed by atoms with Crippen molar-refractivity contribution in [1.29, 1.82) is 0 Å². The number of halogens is 2. The maximum atomic E-state index is 12.9. The number of pyridine rings is 1. The summed E-state index contributed by atoms with van der Waals surface area (Å²) in [6.45, 7) is 0. The molecule has 2 rings (SSSR count). The molecule has 2 unspecified atom stereocenters. The maximum Gasteiger partial charge on any atom is 0.254 e. The topological polar surface area (TPSA) is 24.9 Å². The molecule has 88 valence electrons. The van der Waals surface area contributed by atoms with Crippen LogP contribution in [0.15, 0.2) is 18.3 Å². The summed E-state index contributed by atoms with van der Waals surface area (Å²) in [4.78, 5) is 4.28. The minimum Gasteiger partial charge on any atom is -0.311 e. The number of nitrogens with zero attached hydrogens (tertiary/aromatic N) is 1. The first kappa shape index (κ1) is 11.5. The van der Waals surface area contributed by atoms with Gasteiger partial charge >= 0.3 is 0 Å². The van der Waals surface area contributed by atoms with E-state index in [-0.39, 0.29) is 5.92 Å². The minimum absolute atomic E-state index is 0.157. The van der Waals surface area contributed by atoms with Gasteiger partial charge in [0.05, 0.1) is 6.04 Å². The van der Waals surface area contributed by atoms with Crippen molar-refractivity contribution in [3.8, 4) is 0 Å². The molecule has 0 spiro atoms. The van der Waals surface area contributed by atoms with Gasteiger partial charge in [0, 0.05) is 17.8 Å². The highest BCUT2D eigenvalue weighted by Gasteiger charge is 2.33. The number of aryl methyl sites for hydroxylation is 1. The lowest BCUT2D eigenvalue weighted by Crippen LogP contribution is -2.40. The second kappa shape index (κ2) is 4.87. The molecule has 16 heavy (non-hydrogen) atoms. The molecule has 1 aromatic rings. The van der Waals surface area contributed by atoms with E-state index in [1.165, 1.54) is 0 Å². The van der Waals surface area contributed by atoms with Crippen molar-refractivity contribution >= 4 is 0 Å². The van der Waals surface area contributed by atoms with Gasteiger partial charge in [-0.25, -0.2) is 8.78 Å². The number of hydrogen-bond acceptors (Lipinski definition) is 2. The Morgan fingerprint density at radius 3 is 3.00 bits per heavy atom. The van der Waals surface area contributed by atoms with E-state index in [2.05, 4.69) is 10.3 Å². The molecule has 0 saturated heterocycles. The van der Waals surface area contributed by atoms with Crippen molar-refractivity contribution in [2.24, 2.45) is 0 Å². The van der Waals surface area contributed by atoms with Crippen molar-refractivity contribution in [1.82, 2.24) is 10.3 Å². The summed E-state index contributed by atoms with van der Waals surface area (Å²) in [7, 11) is 1.59. The Morgan fingerprint density at radius 2 is 2.31 bits per heavy atom. The van der Waals surface area contributed by atoms with Crippen LogP contribution in [0, 0.1) is 0 Å². The van der Waals surface area contributed by atoms with Crippen LogP contribution < -0.4 is 5.32 Å². The number of hydrogen-bond donors (Lipinski definition) is 1. The van der Waals surface area contributed by atoms with Gasteiger partial charge in [-0.2, -0.15) is 0 Å². The van der Waals surface area contributed by atoms with Crippen molar-refractivity contribution in [2.45, 2.75) is 37.6 Å². The van der Waals surface area contributed by atoms with Gasteiger partial charge in [0.15, 0.2) is 0 Å². The highest BCUT2D eigenvalue weighted by molar-refractivity contribution is 5.27. The molecule has 0 aliphatic heterocycles. The average molecular weight is 226 g/mol. The average Bonchev–Trinajstić information content (AvgIpc) is 2.30. The summed E-state index contributed by atoms with van der Waals surface area (Å²) in [6, 6.07) is 3.08. The monoisotopic (exact) mass is 226 g/mol. The number of nitrogens with one attached hydrogen (secondary N) is 1. The van der Waals surface area contributed by atoms with Gasteiger partial charge < -0.3 is 5.32 Å². The SMILES string of the molecule is CNC(C(F)F)C1CCCc2cccnc21. The van der Waals surface area contributed by atoms with E-state index in [0.29, 0.717) is 0 Å². The second-order valence-corrected chi connectivity index (χ2v) is 4.20. The normalized spacial score (nSPS) is 21.9. The first-order chi connectivity index (χ1) is 7.74. The van der Waals surface area contributed by atoms with Gasteiger partial charge in [-0.05, 0) is 37.9 Å². The highest BCUT2D eigenvalue weighted by atomic mass is 19.3. The molecule has 0 bridgehead atoms. The predicted molar refractivity (Wildman–Crippen MR) is 58.8 cm³/mol. The number of fused-ring (bicyclic) bond motifs is 1. The Morgan fingerprint density at radius 1 is 1.50 bits per heavy atom. The zero-order valence-corrected chi connectivity index (χ0v) is 9.29. The molecule has 1 heterocycles. The molecule has 2 nitrogen and oxygen atoms in total. The molecule has 0 aromatic carbocycles. The van der Waals surface area contributed by atoms with E-state index in [4.69, 9.17) is 0 Å². The Bertz CT molecular complexity index is 355. The first-order valence-electron chi connectivity index (χ1n) is 5.63. The third-order valence-corrected chi connectivity index (χ3v) is 3.28. The Kier molecular flexibility index (Phi) is 3.49. The van der Waals surface area contributed by atoms with Crippen LogP contribution in [0.1, 0.15) is 30.0 Å². The summed E-state index contributed by atoms with van der Waals surface area (Å²) < 4.78 is 25.8. The summed E-state index contributed by atoms with van der Waals surface area (Å²) in [6.07, 6.45) is 2.06. The Labute approximate surface area is 94.1 Å². The smallest absolute Gasteiger partial charge is 0.254 e. The largest absolute Gasteiger partial charge is 0.311 e. The standard InChI is InChI=1S/C12H16F2N2/c1-15-11(12(13)14)9-6-2-4-8-5-3-7-16-10(8)9/h3,5,7,9,11-12,15H,2,4,6H2,1H3. The minimum atomic E-state index is -2.34. The zero-order valence-electron chi connectivity index (χ0n) is 9.29. The maximum absolute atomic E-state index is 12.9. The fourth-order valence-electron chi connectivity index (χ4n) is 2.50. The molecule has 1 N–H and O–H groups in total. The predicted octanol–water partition coefficient (Wildman–Crippen LogP) is 2.35. The fourth-order valence-corrected chi connectivity index (χ4v) is 2.50. The number of aromatic nitrogens is 1. The van der Waals surface area contributed by atoms with Crippen LogP contribution in [0.2, 0.25) is 0 Å². The molecule has 1 aliphatic rings. The molecule has 1 aliphatic carbocycles. The molecular weight excluding hydrogens is 210 g/mol. The van der Waals surface area contributed by atoms with Gasteiger partial charge in [0.1, 0.15) is 0 Å². The summed E-state index contributed by atoms with van der Waals surface area (Å²) in [5.74, 6) is -0.157. The van der Waals surface area contributed by atoms with E-state index >= 15 is 0 Å². The van der Waals surface area contributed by atoms with Crippen LogP contribution in [0.3, 0.4) is 0 Å². The van der Waals surface area contributed by atoms with Crippen LogP contribution in [0.5, 0.6) is 0 Å². The molecule has 0 saturated carbocycles. The Hall–Kier alpha value is -1.03.